The Balaban J connectivity index is 1.74. The maximum atomic E-state index is 11.9. The summed E-state index contributed by atoms with van der Waals surface area (Å²) in [6.07, 6.45) is 5.13. The van der Waals surface area contributed by atoms with Gasteiger partial charge in [-0.2, -0.15) is 0 Å². The molecule has 1 heterocycles. The van der Waals surface area contributed by atoms with Crippen molar-refractivity contribution in [3.05, 3.63) is 77.5 Å². The minimum Gasteiger partial charge on any atom is -0.403 e. The first-order valence-corrected chi connectivity index (χ1v) is 7.73. The molecule has 0 radical (unpaired) electrons. The van der Waals surface area contributed by atoms with Crippen molar-refractivity contribution in [3.8, 4) is 0 Å². The van der Waals surface area contributed by atoms with Crippen LogP contribution in [0.25, 0.3) is 12.2 Å². The molecule has 0 aliphatic carbocycles. The number of anilines is 1. The molecule has 5 nitrogen and oxygen atoms in total. The minimum absolute atomic E-state index is 0.134. The number of esters is 1. The van der Waals surface area contributed by atoms with E-state index in [-0.39, 0.29) is 17.5 Å². The number of nitrogens with zero attached hydrogens (tertiary/aromatic N) is 1. The fourth-order valence-electron chi connectivity index (χ4n) is 2.25. The zero-order chi connectivity index (χ0) is 17.6. The van der Waals surface area contributed by atoms with E-state index in [0.717, 1.165) is 11.1 Å². The Bertz CT molecular complexity index is 879. The number of carbonyl (C=O) groups excluding carboxylic acids is 2. The number of nitrogens with one attached hydrogen (secondary N) is 1. The van der Waals surface area contributed by atoms with Gasteiger partial charge >= 0.3 is 5.97 Å². The van der Waals surface area contributed by atoms with Gasteiger partial charge in [-0.25, -0.2) is 9.79 Å². The Morgan fingerprint density at radius 2 is 1.72 bits per heavy atom. The Morgan fingerprint density at radius 1 is 1.00 bits per heavy atom. The van der Waals surface area contributed by atoms with Crippen molar-refractivity contribution in [2.75, 3.05) is 5.32 Å². The van der Waals surface area contributed by atoms with Crippen LogP contribution in [0.4, 0.5) is 5.69 Å². The summed E-state index contributed by atoms with van der Waals surface area (Å²) in [6.45, 7) is 1.45. The van der Waals surface area contributed by atoms with Crippen LogP contribution in [0.2, 0.25) is 0 Å². The number of aliphatic imine (C=N–C) groups is 1. The second-order valence-electron chi connectivity index (χ2n) is 5.42. The number of rotatable bonds is 4. The van der Waals surface area contributed by atoms with Gasteiger partial charge in [0.2, 0.25) is 11.8 Å². The predicted molar refractivity (Wildman–Crippen MR) is 97.7 cm³/mol. The standard InChI is InChI=1S/C20H16N2O3/c1-14(23)21-17-10-7-16(8-11-17)13-18-20(24)25-19(22-18)12-9-15-5-3-2-4-6-15/h2-13H,1H3,(H,21,23)/b12-9-,18-13-. The summed E-state index contributed by atoms with van der Waals surface area (Å²) in [4.78, 5) is 27.1. The molecule has 1 aliphatic heterocycles. The molecule has 0 spiro atoms. The normalized spacial score (nSPS) is 15.3. The van der Waals surface area contributed by atoms with E-state index in [0.29, 0.717) is 5.69 Å². The van der Waals surface area contributed by atoms with E-state index in [1.807, 2.05) is 36.4 Å². The Hall–Kier alpha value is -3.47. The molecule has 1 aliphatic rings. The smallest absolute Gasteiger partial charge is 0.363 e. The first-order valence-electron chi connectivity index (χ1n) is 7.73. The summed E-state index contributed by atoms with van der Waals surface area (Å²) in [7, 11) is 0. The highest BCUT2D eigenvalue weighted by Crippen LogP contribution is 2.18. The van der Waals surface area contributed by atoms with Crippen molar-refractivity contribution in [1.29, 1.82) is 0 Å². The summed E-state index contributed by atoms with van der Waals surface area (Å²) in [5.41, 5.74) is 2.71. The van der Waals surface area contributed by atoms with E-state index in [2.05, 4.69) is 10.3 Å². The lowest BCUT2D eigenvalue weighted by atomic mass is 10.2. The lowest BCUT2D eigenvalue weighted by Gasteiger charge is -2.01. The SMILES string of the molecule is CC(=O)Nc1ccc(/C=C2N=C(/C=C\c3ccccc3)OC\2=O)cc1. The van der Waals surface area contributed by atoms with Gasteiger partial charge < -0.3 is 10.1 Å². The molecular weight excluding hydrogens is 316 g/mol. The fourth-order valence-corrected chi connectivity index (χ4v) is 2.25. The molecule has 1 N–H and O–H groups in total. The van der Waals surface area contributed by atoms with Gasteiger partial charge in [0.25, 0.3) is 0 Å². The van der Waals surface area contributed by atoms with Gasteiger partial charge in [0.1, 0.15) is 0 Å². The molecule has 0 saturated carbocycles. The Morgan fingerprint density at radius 3 is 2.40 bits per heavy atom. The van der Waals surface area contributed by atoms with Gasteiger partial charge in [-0.15, -0.1) is 0 Å². The number of cyclic esters (lactones) is 1. The quantitative estimate of drug-likeness (QED) is 0.686. The van der Waals surface area contributed by atoms with E-state index >= 15 is 0 Å². The van der Waals surface area contributed by atoms with Crippen LogP contribution in [-0.2, 0) is 14.3 Å². The van der Waals surface area contributed by atoms with Gasteiger partial charge in [-0.1, -0.05) is 42.5 Å². The molecule has 0 saturated heterocycles. The van der Waals surface area contributed by atoms with E-state index in [1.165, 1.54) is 6.92 Å². The summed E-state index contributed by atoms with van der Waals surface area (Å²) < 4.78 is 5.14. The zero-order valence-corrected chi connectivity index (χ0v) is 13.6. The Labute approximate surface area is 145 Å². The summed E-state index contributed by atoms with van der Waals surface area (Å²) in [6, 6.07) is 16.8. The Kier molecular flexibility index (Phi) is 4.85. The van der Waals surface area contributed by atoms with Crippen molar-refractivity contribution < 1.29 is 14.3 Å². The van der Waals surface area contributed by atoms with Crippen LogP contribution in [0.5, 0.6) is 0 Å². The molecule has 0 fully saturated rings. The van der Waals surface area contributed by atoms with Crippen molar-refractivity contribution in [1.82, 2.24) is 0 Å². The van der Waals surface area contributed by atoms with E-state index < -0.39 is 5.97 Å². The first kappa shape index (κ1) is 16.4. The van der Waals surface area contributed by atoms with Gasteiger partial charge in [0, 0.05) is 18.7 Å². The molecule has 1 amide bonds. The van der Waals surface area contributed by atoms with Crippen molar-refractivity contribution in [2.45, 2.75) is 6.92 Å². The maximum Gasteiger partial charge on any atom is 0.363 e. The number of carbonyl (C=O) groups is 2. The second-order valence-corrected chi connectivity index (χ2v) is 5.42. The van der Waals surface area contributed by atoms with Crippen LogP contribution in [-0.4, -0.2) is 17.8 Å². The summed E-state index contributed by atoms with van der Waals surface area (Å²) in [5.74, 6) is -0.362. The molecule has 0 unspecified atom stereocenters. The maximum absolute atomic E-state index is 11.9. The summed E-state index contributed by atoms with van der Waals surface area (Å²) >= 11 is 0. The topological polar surface area (TPSA) is 67.8 Å². The summed E-state index contributed by atoms with van der Waals surface area (Å²) in [5, 5.41) is 2.69. The predicted octanol–water partition coefficient (Wildman–Crippen LogP) is 3.65. The number of hydrogen-bond donors (Lipinski definition) is 1. The minimum atomic E-state index is -0.487. The van der Waals surface area contributed by atoms with Crippen LogP contribution in [0.1, 0.15) is 18.1 Å². The molecule has 25 heavy (non-hydrogen) atoms. The average molecular weight is 332 g/mol. The van der Waals surface area contributed by atoms with Crippen molar-refractivity contribution in [2.24, 2.45) is 4.99 Å². The fraction of sp³-hybridized carbons (Fsp3) is 0.0500. The highest BCUT2D eigenvalue weighted by Gasteiger charge is 2.20. The number of benzene rings is 2. The van der Waals surface area contributed by atoms with E-state index in [4.69, 9.17) is 4.74 Å². The van der Waals surface area contributed by atoms with Crippen LogP contribution in [0.15, 0.2) is 71.4 Å². The number of hydrogen-bond acceptors (Lipinski definition) is 4. The monoisotopic (exact) mass is 332 g/mol. The molecule has 2 aromatic carbocycles. The van der Waals surface area contributed by atoms with Gasteiger partial charge in [0.05, 0.1) is 0 Å². The molecule has 0 bridgehead atoms. The third-order valence-corrected chi connectivity index (χ3v) is 3.39. The molecular formula is C20H16N2O3. The van der Waals surface area contributed by atoms with Crippen LogP contribution in [0, 0.1) is 0 Å². The lowest BCUT2D eigenvalue weighted by molar-refractivity contribution is -0.129. The van der Waals surface area contributed by atoms with Gasteiger partial charge in [-0.05, 0) is 35.4 Å². The average Bonchev–Trinajstić information content (AvgIpc) is 2.95. The van der Waals surface area contributed by atoms with E-state index in [1.54, 1.807) is 36.4 Å². The van der Waals surface area contributed by atoms with E-state index in [9.17, 15) is 9.59 Å². The molecule has 124 valence electrons. The number of amides is 1. The van der Waals surface area contributed by atoms with Gasteiger partial charge in [0.15, 0.2) is 5.70 Å². The largest absolute Gasteiger partial charge is 0.403 e. The first-order chi connectivity index (χ1) is 12.1. The second kappa shape index (κ2) is 7.40. The lowest BCUT2D eigenvalue weighted by Crippen LogP contribution is -2.05. The molecule has 3 rings (SSSR count). The third-order valence-electron chi connectivity index (χ3n) is 3.39. The molecule has 0 aromatic heterocycles. The van der Waals surface area contributed by atoms with Crippen molar-refractivity contribution >= 4 is 35.6 Å². The molecule has 5 heteroatoms. The number of ether oxygens (including phenoxy) is 1. The van der Waals surface area contributed by atoms with Crippen LogP contribution >= 0.6 is 0 Å². The molecule has 0 atom stereocenters. The molecule has 2 aromatic rings. The van der Waals surface area contributed by atoms with Crippen LogP contribution < -0.4 is 5.32 Å². The van der Waals surface area contributed by atoms with Crippen molar-refractivity contribution in [3.63, 3.8) is 0 Å². The van der Waals surface area contributed by atoms with Gasteiger partial charge in [-0.3, -0.25) is 4.79 Å². The van der Waals surface area contributed by atoms with Crippen LogP contribution in [0.3, 0.4) is 0 Å². The third kappa shape index (κ3) is 4.51. The highest BCUT2D eigenvalue weighted by atomic mass is 16.6. The highest BCUT2D eigenvalue weighted by molar-refractivity contribution is 6.11. The zero-order valence-electron chi connectivity index (χ0n) is 13.6.